The normalized spacial score (nSPS) is 14.2. The van der Waals surface area contributed by atoms with Crippen molar-refractivity contribution in [2.24, 2.45) is 0 Å². The smallest absolute Gasteiger partial charge is 0.422 e. The van der Waals surface area contributed by atoms with E-state index in [1.165, 1.54) is 19.4 Å². The largest absolute Gasteiger partial charge is 0.479 e. The zero-order chi connectivity index (χ0) is 15.4. The number of halogens is 3. The highest BCUT2D eigenvalue weighted by molar-refractivity contribution is 5.88. The van der Waals surface area contributed by atoms with Crippen molar-refractivity contribution in [2.75, 3.05) is 20.6 Å². The van der Waals surface area contributed by atoms with Crippen LogP contribution < -0.4 is 10.6 Å². The molecule has 0 aliphatic rings. The summed E-state index contributed by atoms with van der Waals surface area (Å²) in [6, 6.07) is -1.41. The molecular weight excluding hydrogens is 271 g/mol. The lowest BCUT2D eigenvalue weighted by Crippen LogP contribution is -2.64. The topological polar surface area (TPSA) is 98.7 Å². The molecule has 0 bridgehead atoms. The summed E-state index contributed by atoms with van der Waals surface area (Å²) in [5, 5.41) is 11.7. The van der Waals surface area contributed by atoms with Crippen LogP contribution in [0, 0.1) is 0 Å². The number of carboxylic acids is 1. The summed E-state index contributed by atoms with van der Waals surface area (Å²) in [6.07, 6.45) is -5.18. The third-order valence-electron chi connectivity index (χ3n) is 2.26. The third kappa shape index (κ3) is 4.30. The standard InChI is InChI=1S/C9H14F3N3O4/c1-8(6(17)18,9(10,11)12)14-7(19)13-4-5(16)15(2)3/h4H2,1-3H3,(H,17,18)(H2,13,14,19). The maximum absolute atomic E-state index is 12.5. The van der Waals surface area contributed by atoms with Crippen LogP contribution in [0.1, 0.15) is 6.92 Å². The molecule has 19 heavy (non-hydrogen) atoms. The van der Waals surface area contributed by atoms with E-state index in [2.05, 4.69) is 0 Å². The number of aliphatic carboxylic acids is 1. The molecule has 3 amide bonds. The van der Waals surface area contributed by atoms with E-state index >= 15 is 0 Å². The van der Waals surface area contributed by atoms with Crippen LogP contribution in [-0.2, 0) is 9.59 Å². The number of carbonyl (C=O) groups is 3. The number of carboxylic acid groups (broad SMARTS) is 1. The summed E-state index contributed by atoms with van der Waals surface area (Å²) >= 11 is 0. The van der Waals surface area contributed by atoms with Gasteiger partial charge < -0.3 is 20.6 Å². The Labute approximate surface area is 106 Å². The number of rotatable bonds is 4. The van der Waals surface area contributed by atoms with Gasteiger partial charge in [-0.15, -0.1) is 0 Å². The Balaban J connectivity index is 4.69. The van der Waals surface area contributed by atoms with Gasteiger partial charge in [0.15, 0.2) is 0 Å². The summed E-state index contributed by atoms with van der Waals surface area (Å²) in [7, 11) is 2.78. The summed E-state index contributed by atoms with van der Waals surface area (Å²) in [6.45, 7) is -0.241. The Hall–Kier alpha value is -2.00. The highest BCUT2D eigenvalue weighted by Gasteiger charge is 2.58. The Kier molecular flexibility index (Phi) is 5.15. The Morgan fingerprint density at radius 2 is 1.68 bits per heavy atom. The van der Waals surface area contributed by atoms with Crippen molar-refractivity contribution in [1.82, 2.24) is 15.5 Å². The molecule has 0 aromatic heterocycles. The quantitative estimate of drug-likeness (QED) is 0.665. The van der Waals surface area contributed by atoms with Gasteiger partial charge in [0.05, 0.1) is 6.54 Å². The maximum atomic E-state index is 12.5. The van der Waals surface area contributed by atoms with E-state index in [1.54, 1.807) is 0 Å². The monoisotopic (exact) mass is 285 g/mol. The van der Waals surface area contributed by atoms with Crippen LogP contribution in [0.3, 0.4) is 0 Å². The van der Waals surface area contributed by atoms with Gasteiger partial charge in [0.1, 0.15) is 0 Å². The van der Waals surface area contributed by atoms with Crippen LogP contribution in [0.4, 0.5) is 18.0 Å². The van der Waals surface area contributed by atoms with Gasteiger partial charge in [-0.25, -0.2) is 9.59 Å². The van der Waals surface area contributed by atoms with Gasteiger partial charge in [0.25, 0.3) is 0 Å². The lowest BCUT2D eigenvalue weighted by molar-refractivity contribution is -0.203. The molecule has 0 rings (SSSR count). The fourth-order valence-corrected chi connectivity index (χ4v) is 0.831. The molecule has 110 valence electrons. The van der Waals surface area contributed by atoms with Crippen LogP contribution in [-0.4, -0.2) is 60.3 Å². The van der Waals surface area contributed by atoms with E-state index in [9.17, 15) is 27.6 Å². The molecule has 0 spiro atoms. The molecule has 10 heteroatoms. The van der Waals surface area contributed by atoms with E-state index in [-0.39, 0.29) is 0 Å². The van der Waals surface area contributed by atoms with E-state index in [1.807, 2.05) is 5.32 Å². The molecule has 0 saturated carbocycles. The first-order valence-corrected chi connectivity index (χ1v) is 4.98. The number of hydrogen-bond donors (Lipinski definition) is 3. The molecule has 0 aliphatic heterocycles. The summed E-state index contributed by atoms with van der Waals surface area (Å²) in [5.74, 6) is -2.81. The number of carbonyl (C=O) groups excluding carboxylic acids is 2. The molecule has 1 unspecified atom stereocenters. The van der Waals surface area contributed by atoms with Crippen molar-refractivity contribution in [1.29, 1.82) is 0 Å². The molecule has 0 saturated heterocycles. The zero-order valence-electron chi connectivity index (χ0n) is 10.5. The molecule has 0 heterocycles. The third-order valence-corrected chi connectivity index (χ3v) is 2.26. The van der Waals surface area contributed by atoms with Gasteiger partial charge in [-0.05, 0) is 6.92 Å². The van der Waals surface area contributed by atoms with E-state index in [4.69, 9.17) is 5.11 Å². The van der Waals surface area contributed by atoms with E-state index in [0.717, 1.165) is 4.90 Å². The average Bonchev–Trinajstić information content (AvgIpc) is 2.23. The first-order valence-electron chi connectivity index (χ1n) is 4.98. The first kappa shape index (κ1) is 17.0. The van der Waals surface area contributed by atoms with E-state index in [0.29, 0.717) is 6.92 Å². The van der Waals surface area contributed by atoms with Crippen LogP contribution in [0.25, 0.3) is 0 Å². The molecule has 7 nitrogen and oxygen atoms in total. The maximum Gasteiger partial charge on any atom is 0.422 e. The first-order chi connectivity index (χ1) is 8.41. The fourth-order valence-electron chi connectivity index (χ4n) is 0.831. The SMILES string of the molecule is CN(C)C(=O)CNC(=O)NC(C)(C(=O)O)C(F)(F)F. The number of amides is 3. The Morgan fingerprint density at radius 1 is 1.21 bits per heavy atom. The lowest BCUT2D eigenvalue weighted by atomic mass is 10.0. The molecule has 0 aromatic carbocycles. The Morgan fingerprint density at radius 3 is 2.00 bits per heavy atom. The van der Waals surface area contributed by atoms with Gasteiger partial charge in [-0.1, -0.05) is 0 Å². The highest BCUT2D eigenvalue weighted by atomic mass is 19.4. The minimum Gasteiger partial charge on any atom is -0.479 e. The van der Waals surface area contributed by atoms with Gasteiger partial charge in [0.2, 0.25) is 11.4 Å². The molecular formula is C9H14F3N3O4. The minimum atomic E-state index is -5.18. The number of urea groups is 1. The number of likely N-dealkylation sites (N-methyl/N-ethyl adjacent to an activating group) is 1. The fraction of sp³-hybridized carbons (Fsp3) is 0.667. The van der Waals surface area contributed by atoms with Crippen LogP contribution in [0.15, 0.2) is 0 Å². The number of nitrogens with one attached hydrogen (secondary N) is 2. The molecule has 0 aliphatic carbocycles. The molecule has 3 N–H and O–H groups in total. The number of hydrogen-bond acceptors (Lipinski definition) is 3. The molecule has 1 atom stereocenters. The molecule has 0 aromatic rings. The average molecular weight is 285 g/mol. The summed E-state index contributed by atoms with van der Waals surface area (Å²) in [5.41, 5.74) is -3.43. The molecule has 0 fully saturated rings. The summed E-state index contributed by atoms with van der Waals surface area (Å²) in [4.78, 5) is 34.0. The zero-order valence-corrected chi connectivity index (χ0v) is 10.5. The highest BCUT2D eigenvalue weighted by Crippen LogP contribution is 2.30. The van der Waals surface area contributed by atoms with Gasteiger partial charge >= 0.3 is 18.2 Å². The second-order valence-corrected chi connectivity index (χ2v) is 4.02. The van der Waals surface area contributed by atoms with Crippen LogP contribution in [0.2, 0.25) is 0 Å². The number of alkyl halides is 3. The van der Waals surface area contributed by atoms with Gasteiger partial charge in [-0.2, -0.15) is 13.2 Å². The predicted octanol–water partition coefficient (Wildman–Crippen LogP) is -0.221. The van der Waals surface area contributed by atoms with Crippen molar-refractivity contribution in [3.05, 3.63) is 0 Å². The molecule has 0 radical (unpaired) electrons. The van der Waals surface area contributed by atoms with Crippen molar-refractivity contribution < 1.29 is 32.7 Å². The summed E-state index contributed by atoms with van der Waals surface area (Å²) < 4.78 is 37.6. The second-order valence-electron chi connectivity index (χ2n) is 4.02. The van der Waals surface area contributed by atoms with Gasteiger partial charge in [0, 0.05) is 14.1 Å². The minimum absolute atomic E-state index is 0.308. The second kappa shape index (κ2) is 5.76. The van der Waals surface area contributed by atoms with Crippen molar-refractivity contribution in [3.8, 4) is 0 Å². The lowest BCUT2D eigenvalue weighted by Gasteiger charge is -2.28. The van der Waals surface area contributed by atoms with Crippen LogP contribution >= 0.6 is 0 Å². The Bertz CT molecular complexity index is 383. The van der Waals surface area contributed by atoms with Crippen molar-refractivity contribution in [3.63, 3.8) is 0 Å². The predicted molar refractivity (Wildman–Crippen MR) is 57.3 cm³/mol. The van der Waals surface area contributed by atoms with E-state index < -0.39 is 36.2 Å². The number of nitrogens with zero attached hydrogens (tertiary/aromatic N) is 1. The van der Waals surface area contributed by atoms with Crippen LogP contribution in [0.5, 0.6) is 0 Å². The van der Waals surface area contributed by atoms with Gasteiger partial charge in [-0.3, -0.25) is 4.79 Å². The van der Waals surface area contributed by atoms with Crippen molar-refractivity contribution >= 4 is 17.9 Å². The van der Waals surface area contributed by atoms with Crippen molar-refractivity contribution in [2.45, 2.75) is 18.6 Å².